The van der Waals surface area contributed by atoms with E-state index >= 15 is 0 Å². The summed E-state index contributed by atoms with van der Waals surface area (Å²) in [4.78, 5) is 2.90. The first-order valence-electron chi connectivity index (χ1n) is 9.55. The van der Waals surface area contributed by atoms with Crippen molar-refractivity contribution < 1.29 is 13.2 Å². The standard InChI is InChI=1S/C17H31N7O3SSi/c1-6-7-15-12-24(13-17(15,2)21-22-18)28(25,26)20-16-8-9-23(19-16)14-27-10-11-29(3,4)5/h6,8-9,15H,1,7,10-14H2,2-5H3,(H,19,20)/t15-,17?/m0/s1. The van der Waals surface area contributed by atoms with E-state index in [9.17, 15) is 8.42 Å². The van der Waals surface area contributed by atoms with Crippen LogP contribution in [0.1, 0.15) is 13.3 Å². The van der Waals surface area contributed by atoms with Gasteiger partial charge in [-0.1, -0.05) is 37.8 Å². The predicted octanol–water partition coefficient (Wildman–Crippen LogP) is 3.43. The summed E-state index contributed by atoms with van der Waals surface area (Å²) < 4.78 is 36.6. The molecule has 0 aromatic carbocycles. The SMILES string of the molecule is C=CC[C@H]1CN(S(=O)(=O)Nc2ccn(COCC[Si](C)(C)C)n2)CC1(C)N=[N+]=[N-]. The quantitative estimate of drug-likeness (QED) is 0.141. The van der Waals surface area contributed by atoms with Crippen LogP contribution >= 0.6 is 0 Å². The molecule has 2 rings (SSSR count). The highest BCUT2D eigenvalue weighted by molar-refractivity contribution is 7.90. The lowest BCUT2D eigenvalue weighted by Crippen LogP contribution is -2.37. The average molecular weight is 442 g/mol. The molecule has 1 unspecified atom stereocenters. The molecule has 2 heterocycles. The van der Waals surface area contributed by atoms with Crippen LogP contribution in [0.25, 0.3) is 10.4 Å². The maximum atomic E-state index is 12.8. The van der Waals surface area contributed by atoms with E-state index in [4.69, 9.17) is 10.3 Å². The molecule has 0 aliphatic carbocycles. The molecule has 10 nitrogen and oxygen atoms in total. The van der Waals surface area contributed by atoms with Gasteiger partial charge in [-0.15, -0.1) is 6.58 Å². The van der Waals surface area contributed by atoms with E-state index in [-0.39, 0.29) is 31.6 Å². The van der Waals surface area contributed by atoms with Gasteiger partial charge >= 0.3 is 10.2 Å². The molecule has 1 saturated heterocycles. The van der Waals surface area contributed by atoms with Crippen molar-refractivity contribution in [2.75, 3.05) is 24.4 Å². The Morgan fingerprint density at radius 1 is 1.55 bits per heavy atom. The number of hydrogen-bond donors (Lipinski definition) is 1. The summed E-state index contributed by atoms with van der Waals surface area (Å²) in [6.07, 6.45) is 3.94. The number of allylic oxidation sites excluding steroid dienone is 1. The van der Waals surface area contributed by atoms with Gasteiger partial charge in [-0.3, -0.25) is 4.72 Å². The lowest BCUT2D eigenvalue weighted by Gasteiger charge is -2.23. The third kappa shape index (κ3) is 6.58. The van der Waals surface area contributed by atoms with E-state index in [1.165, 1.54) is 4.31 Å². The van der Waals surface area contributed by atoms with Crippen molar-refractivity contribution in [1.29, 1.82) is 0 Å². The highest BCUT2D eigenvalue weighted by Gasteiger charge is 2.46. The van der Waals surface area contributed by atoms with Crippen LogP contribution in [0.5, 0.6) is 0 Å². The molecule has 1 aliphatic heterocycles. The van der Waals surface area contributed by atoms with Crippen molar-refractivity contribution in [3.05, 3.63) is 35.4 Å². The number of aromatic nitrogens is 2. The Morgan fingerprint density at radius 3 is 2.90 bits per heavy atom. The van der Waals surface area contributed by atoms with E-state index in [2.05, 4.69) is 46.1 Å². The smallest absolute Gasteiger partial charge is 0.302 e. The maximum Gasteiger partial charge on any atom is 0.302 e. The molecule has 2 atom stereocenters. The van der Waals surface area contributed by atoms with E-state index < -0.39 is 23.8 Å². The molecule has 162 valence electrons. The first-order chi connectivity index (χ1) is 13.5. The molecule has 1 aromatic rings. The van der Waals surface area contributed by atoms with Crippen molar-refractivity contribution in [2.24, 2.45) is 11.0 Å². The average Bonchev–Trinajstić information content (AvgIpc) is 3.16. The zero-order valence-corrected chi connectivity index (χ0v) is 19.4. The second-order valence-electron chi connectivity index (χ2n) is 8.76. The minimum Gasteiger partial charge on any atom is -0.360 e. The van der Waals surface area contributed by atoms with Gasteiger partial charge in [0.05, 0.1) is 5.54 Å². The molecule has 12 heteroatoms. The van der Waals surface area contributed by atoms with Crippen molar-refractivity contribution in [1.82, 2.24) is 14.1 Å². The minimum atomic E-state index is -3.83. The second kappa shape index (κ2) is 9.31. The van der Waals surface area contributed by atoms with Crippen LogP contribution in [0, 0.1) is 5.92 Å². The molecule has 29 heavy (non-hydrogen) atoms. The van der Waals surface area contributed by atoms with Crippen LogP contribution in [0.2, 0.25) is 25.7 Å². The van der Waals surface area contributed by atoms with Gasteiger partial charge in [0, 0.05) is 44.9 Å². The van der Waals surface area contributed by atoms with Gasteiger partial charge in [-0.05, 0) is 23.9 Å². The largest absolute Gasteiger partial charge is 0.360 e. The summed E-state index contributed by atoms with van der Waals surface area (Å²) in [5, 5.41) is 8.07. The fraction of sp³-hybridized carbons (Fsp3) is 0.706. The summed E-state index contributed by atoms with van der Waals surface area (Å²) in [7, 11) is -4.99. The van der Waals surface area contributed by atoms with Gasteiger partial charge in [0.2, 0.25) is 0 Å². The molecule has 1 N–H and O–H groups in total. The van der Waals surface area contributed by atoms with Crippen LogP contribution in [0.15, 0.2) is 30.0 Å². The molecule has 0 bridgehead atoms. The Balaban J connectivity index is 1.98. The first kappa shape index (κ1) is 23.4. The molecule has 0 amide bonds. The van der Waals surface area contributed by atoms with Gasteiger partial charge in [0.1, 0.15) is 6.73 Å². The van der Waals surface area contributed by atoms with Gasteiger partial charge < -0.3 is 4.74 Å². The predicted molar refractivity (Wildman–Crippen MR) is 116 cm³/mol. The fourth-order valence-electron chi connectivity index (χ4n) is 3.14. The molecular weight excluding hydrogens is 410 g/mol. The van der Waals surface area contributed by atoms with Crippen molar-refractivity contribution in [3.8, 4) is 0 Å². The molecule has 0 radical (unpaired) electrons. The van der Waals surface area contributed by atoms with Gasteiger partial charge in [0.15, 0.2) is 5.82 Å². The van der Waals surface area contributed by atoms with Crippen LogP contribution < -0.4 is 4.72 Å². The zero-order chi connectivity index (χ0) is 21.7. The molecular formula is C17H31N7O3SSi. The highest BCUT2D eigenvalue weighted by atomic mass is 32.2. The lowest BCUT2D eigenvalue weighted by atomic mass is 9.87. The van der Waals surface area contributed by atoms with Crippen molar-refractivity contribution in [3.63, 3.8) is 0 Å². The number of rotatable bonds is 11. The molecule has 0 saturated carbocycles. The van der Waals surface area contributed by atoms with Gasteiger partial charge in [-0.2, -0.15) is 17.8 Å². The van der Waals surface area contributed by atoms with E-state index in [0.29, 0.717) is 13.0 Å². The normalized spacial score (nSPS) is 23.0. The lowest BCUT2D eigenvalue weighted by molar-refractivity contribution is 0.0788. The Bertz CT molecular complexity index is 861. The number of anilines is 1. The minimum absolute atomic E-state index is 0.103. The maximum absolute atomic E-state index is 12.8. The van der Waals surface area contributed by atoms with Gasteiger partial charge in [-0.25, -0.2) is 4.68 Å². The van der Waals surface area contributed by atoms with Crippen LogP contribution in [-0.2, 0) is 21.7 Å². The Kier molecular flexibility index (Phi) is 7.52. The van der Waals surface area contributed by atoms with E-state index in [1.54, 1.807) is 29.9 Å². The summed E-state index contributed by atoms with van der Waals surface area (Å²) in [5.41, 5.74) is 8.05. The Morgan fingerprint density at radius 2 is 2.28 bits per heavy atom. The van der Waals surface area contributed by atoms with Crippen LogP contribution in [0.3, 0.4) is 0 Å². The molecule has 1 aromatic heterocycles. The summed E-state index contributed by atoms with van der Waals surface area (Å²) >= 11 is 0. The van der Waals surface area contributed by atoms with Crippen molar-refractivity contribution in [2.45, 2.75) is 51.3 Å². The third-order valence-corrected chi connectivity index (χ3v) is 8.09. The monoisotopic (exact) mass is 441 g/mol. The number of hydrogen-bond acceptors (Lipinski definition) is 5. The summed E-state index contributed by atoms with van der Waals surface area (Å²) in [6.45, 7) is 13.6. The number of nitrogens with one attached hydrogen (secondary N) is 1. The number of azide groups is 1. The summed E-state index contributed by atoms with van der Waals surface area (Å²) in [6, 6.07) is 2.64. The first-order valence-corrected chi connectivity index (χ1v) is 14.7. The molecule has 1 fully saturated rings. The fourth-order valence-corrected chi connectivity index (χ4v) is 5.21. The molecule has 1 aliphatic rings. The van der Waals surface area contributed by atoms with E-state index in [0.717, 1.165) is 6.04 Å². The highest BCUT2D eigenvalue weighted by Crippen LogP contribution is 2.35. The third-order valence-electron chi connectivity index (χ3n) is 4.96. The second-order valence-corrected chi connectivity index (χ2v) is 16.0. The topological polar surface area (TPSA) is 125 Å². The Hall–Kier alpha value is -1.85. The zero-order valence-electron chi connectivity index (χ0n) is 17.6. The van der Waals surface area contributed by atoms with E-state index in [1.807, 2.05) is 0 Å². The van der Waals surface area contributed by atoms with Gasteiger partial charge in [0.25, 0.3) is 0 Å². The van der Waals surface area contributed by atoms with Crippen LogP contribution in [-0.4, -0.2) is 55.8 Å². The van der Waals surface area contributed by atoms with Crippen molar-refractivity contribution >= 4 is 24.1 Å². The van der Waals surface area contributed by atoms with Crippen LogP contribution in [0.4, 0.5) is 5.82 Å². The summed E-state index contributed by atoms with van der Waals surface area (Å²) in [5.74, 6) is 0.0845. The molecule has 0 spiro atoms. The Labute approximate surface area is 173 Å². The number of nitrogens with zero attached hydrogens (tertiary/aromatic N) is 6. The number of ether oxygens (including phenoxy) is 1.